The first kappa shape index (κ1) is 16.0. The van der Waals surface area contributed by atoms with Crippen LogP contribution in [0.25, 0.3) is 0 Å². The molecule has 0 radical (unpaired) electrons. The molecule has 1 aromatic heterocycles. The number of hydrogen-bond donors (Lipinski definition) is 1. The Labute approximate surface area is 144 Å². The predicted molar refractivity (Wildman–Crippen MR) is 91.5 cm³/mol. The number of H-pyrrole nitrogens is 1. The van der Waals surface area contributed by atoms with Crippen LogP contribution in [-0.4, -0.2) is 22.0 Å². The molecule has 0 fully saturated rings. The Morgan fingerprint density at radius 2 is 2.09 bits per heavy atom. The van der Waals surface area contributed by atoms with Gasteiger partial charge in [-0.1, -0.05) is 11.6 Å². The molecule has 1 aliphatic heterocycles. The number of fused-ring (bicyclic) bond motifs is 1. The number of hydrogen-bond acceptors (Lipinski definition) is 3. The zero-order valence-electron chi connectivity index (χ0n) is 12.2. The quantitative estimate of drug-likeness (QED) is 0.799. The molecule has 1 N–H and O–H groups in total. The number of halogens is 2. The predicted octanol–water partition coefficient (Wildman–Crippen LogP) is 2.08. The van der Waals surface area contributed by atoms with Crippen molar-refractivity contribution in [2.75, 3.05) is 11.4 Å². The van der Waals surface area contributed by atoms with E-state index in [1.54, 1.807) is 11.0 Å². The molecule has 2 aromatic rings. The van der Waals surface area contributed by atoms with Crippen molar-refractivity contribution in [1.82, 2.24) is 9.55 Å². The molecule has 8 heteroatoms. The number of anilines is 1. The number of nitrogens with zero attached hydrogens (tertiary/aromatic N) is 2. The van der Waals surface area contributed by atoms with E-state index in [0.717, 1.165) is 24.1 Å². The monoisotopic (exact) mass is 397 g/mol. The Balaban J connectivity index is 2.12. The van der Waals surface area contributed by atoms with Crippen molar-refractivity contribution in [3.63, 3.8) is 0 Å². The molecular weight excluding hydrogens is 386 g/mol. The van der Waals surface area contributed by atoms with Crippen LogP contribution in [0.4, 0.5) is 5.69 Å². The van der Waals surface area contributed by atoms with E-state index in [1.807, 2.05) is 6.07 Å². The van der Waals surface area contributed by atoms with E-state index in [2.05, 4.69) is 20.9 Å². The maximum atomic E-state index is 12.8. The Morgan fingerprint density at radius 1 is 1.35 bits per heavy atom. The van der Waals surface area contributed by atoms with E-state index in [1.165, 1.54) is 17.8 Å². The summed E-state index contributed by atoms with van der Waals surface area (Å²) in [5.74, 6) is -0.439. The number of carbonyl (C=O) groups is 1. The lowest BCUT2D eigenvalue weighted by Crippen LogP contribution is -2.41. The van der Waals surface area contributed by atoms with E-state index >= 15 is 0 Å². The van der Waals surface area contributed by atoms with Crippen molar-refractivity contribution >= 4 is 39.1 Å². The lowest BCUT2D eigenvalue weighted by molar-refractivity contribution is 0.0982. The molecule has 1 aromatic carbocycles. The minimum atomic E-state index is -0.685. The summed E-state index contributed by atoms with van der Waals surface area (Å²) in [5.41, 5.74) is 0.361. The summed E-state index contributed by atoms with van der Waals surface area (Å²) in [4.78, 5) is 39.9. The third-order valence-electron chi connectivity index (χ3n) is 3.79. The molecule has 0 aliphatic carbocycles. The Bertz CT molecular complexity index is 919. The highest BCUT2D eigenvalue weighted by molar-refractivity contribution is 9.10. The molecule has 0 unspecified atom stereocenters. The van der Waals surface area contributed by atoms with Gasteiger partial charge in [0.2, 0.25) is 0 Å². The van der Waals surface area contributed by atoms with Crippen LogP contribution < -0.4 is 16.1 Å². The minimum Gasteiger partial charge on any atom is -0.307 e. The largest absolute Gasteiger partial charge is 0.328 e. The number of nitrogens with one attached hydrogen (secondary N) is 1. The first-order valence-corrected chi connectivity index (χ1v) is 8.15. The van der Waals surface area contributed by atoms with Crippen molar-refractivity contribution in [1.29, 1.82) is 0 Å². The van der Waals surface area contributed by atoms with Gasteiger partial charge >= 0.3 is 5.69 Å². The molecule has 120 valence electrons. The molecule has 0 bridgehead atoms. The SMILES string of the molecule is Cn1cc(C(=O)N2CCCc3cc(Cl)cc(Br)c32)c(=O)[nH]c1=O. The van der Waals surface area contributed by atoms with Gasteiger partial charge in [-0.05, 0) is 46.5 Å². The average molecular weight is 399 g/mol. The van der Waals surface area contributed by atoms with Gasteiger partial charge in [0.15, 0.2) is 0 Å². The second-order valence-electron chi connectivity index (χ2n) is 5.37. The van der Waals surface area contributed by atoms with Crippen LogP contribution in [0.1, 0.15) is 22.3 Å². The summed E-state index contributed by atoms with van der Waals surface area (Å²) in [5, 5.41) is 0.588. The van der Waals surface area contributed by atoms with Gasteiger partial charge in [-0.3, -0.25) is 14.6 Å². The molecule has 6 nitrogen and oxygen atoms in total. The van der Waals surface area contributed by atoms with Gasteiger partial charge in [-0.15, -0.1) is 0 Å². The van der Waals surface area contributed by atoms with Crippen molar-refractivity contribution in [2.45, 2.75) is 12.8 Å². The highest BCUT2D eigenvalue weighted by atomic mass is 79.9. The smallest absolute Gasteiger partial charge is 0.307 e. The Kier molecular flexibility index (Phi) is 4.16. The maximum Gasteiger partial charge on any atom is 0.328 e. The molecule has 3 rings (SSSR count). The number of rotatable bonds is 1. The molecule has 2 heterocycles. The molecule has 0 saturated carbocycles. The number of aryl methyl sites for hydroxylation is 2. The zero-order chi connectivity index (χ0) is 16.7. The minimum absolute atomic E-state index is 0.0678. The fourth-order valence-corrected chi connectivity index (χ4v) is 3.80. The molecule has 0 atom stereocenters. The first-order chi connectivity index (χ1) is 10.9. The summed E-state index contributed by atoms with van der Waals surface area (Å²) in [7, 11) is 1.48. The third kappa shape index (κ3) is 2.86. The van der Waals surface area contributed by atoms with Crippen LogP contribution in [0.2, 0.25) is 5.02 Å². The molecule has 23 heavy (non-hydrogen) atoms. The number of aromatic nitrogens is 2. The van der Waals surface area contributed by atoms with E-state index in [0.29, 0.717) is 16.0 Å². The summed E-state index contributed by atoms with van der Waals surface area (Å²) >= 11 is 9.50. The number of carbonyl (C=O) groups excluding carboxylic acids is 1. The zero-order valence-corrected chi connectivity index (χ0v) is 14.6. The number of benzene rings is 1. The van der Waals surface area contributed by atoms with E-state index in [4.69, 9.17) is 11.6 Å². The molecule has 1 aliphatic rings. The van der Waals surface area contributed by atoms with Crippen LogP contribution >= 0.6 is 27.5 Å². The highest BCUT2D eigenvalue weighted by Gasteiger charge is 2.28. The third-order valence-corrected chi connectivity index (χ3v) is 4.61. The molecule has 1 amide bonds. The highest BCUT2D eigenvalue weighted by Crippen LogP contribution is 2.37. The van der Waals surface area contributed by atoms with Gasteiger partial charge in [0.25, 0.3) is 11.5 Å². The van der Waals surface area contributed by atoms with Crippen molar-refractivity contribution in [3.05, 3.63) is 59.8 Å². The van der Waals surface area contributed by atoms with Crippen LogP contribution in [0, 0.1) is 0 Å². The van der Waals surface area contributed by atoms with Crippen LogP contribution in [0.15, 0.2) is 32.4 Å². The second-order valence-corrected chi connectivity index (χ2v) is 6.66. The summed E-state index contributed by atoms with van der Waals surface area (Å²) in [6.45, 7) is 0.494. The van der Waals surface area contributed by atoms with E-state index in [-0.39, 0.29) is 5.56 Å². The molecule has 0 spiro atoms. The van der Waals surface area contributed by atoms with Gasteiger partial charge in [-0.2, -0.15) is 0 Å². The van der Waals surface area contributed by atoms with Crippen molar-refractivity contribution in [3.8, 4) is 0 Å². The fourth-order valence-electron chi connectivity index (χ4n) is 2.72. The standard InChI is InChI=1S/C15H13BrClN3O3/c1-19-7-10(13(21)18-15(19)23)14(22)20-4-2-3-8-5-9(17)6-11(16)12(8)20/h5-7H,2-4H2,1H3,(H,18,21,23). The lowest BCUT2D eigenvalue weighted by Gasteiger charge is -2.30. The lowest BCUT2D eigenvalue weighted by atomic mass is 10.0. The topological polar surface area (TPSA) is 75.2 Å². The van der Waals surface area contributed by atoms with Crippen molar-refractivity contribution < 1.29 is 4.79 Å². The van der Waals surface area contributed by atoms with Crippen LogP contribution in [0.3, 0.4) is 0 Å². The van der Waals surface area contributed by atoms with Crippen LogP contribution in [-0.2, 0) is 13.5 Å². The second kappa shape index (κ2) is 5.98. The van der Waals surface area contributed by atoms with Gasteiger partial charge in [0.05, 0.1) is 5.69 Å². The molecule has 0 saturated heterocycles. The summed E-state index contributed by atoms with van der Waals surface area (Å²) in [6, 6.07) is 3.54. The van der Waals surface area contributed by atoms with Gasteiger partial charge < -0.3 is 9.47 Å². The van der Waals surface area contributed by atoms with Gasteiger partial charge in [0, 0.05) is 29.3 Å². The van der Waals surface area contributed by atoms with Gasteiger partial charge in [-0.25, -0.2) is 4.79 Å². The Morgan fingerprint density at radius 3 is 2.83 bits per heavy atom. The molecular formula is C15H13BrClN3O3. The normalized spacial score (nSPS) is 13.8. The van der Waals surface area contributed by atoms with E-state index < -0.39 is 17.2 Å². The van der Waals surface area contributed by atoms with Gasteiger partial charge in [0.1, 0.15) is 5.56 Å². The fraction of sp³-hybridized carbons (Fsp3) is 0.267. The Hall–Kier alpha value is -1.86. The van der Waals surface area contributed by atoms with Crippen LogP contribution in [0.5, 0.6) is 0 Å². The number of aromatic amines is 1. The van der Waals surface area contributed by atoms with E-state index in [9.17, 15) is 14.4 Å². The maximum absolute atomic E-state index is 12.8. The summed E-state index contributed by atoms with van der Waals surface area (Å²) in [6.07, 6.45) is 2.85. The average Bonchev–Trinajstić information content (AvgIpc) is 2.49. The first-order valence-electron chi connectivity index (χ1n) is 6.98. The summed E-state index contributed by atoms with van der Waals surface area (Å²) < 4.78 is 1.88. The van der Waals surface area contributed by atoms with Crippen molar-refractivity contribution in [2.24, 2.45) is 7.05 Å². The number of amides is 1.